The molecule has 0 aliphatic carbocycles. The lowest BCUT2D eigenvalue weighted by Crippen LogP contribution is -2.09. The average Bonchev–Trinajstić information content (AvgIpc) is 2.96. The van der Waals surface area contributed by atoms with E-state index < -0.39 is 0 Å². The van der Waals surface area contributed by atoms with Gasteiger partial charge >= 0.3 is 0 Å². The normalized spacial score (nSPS) is 9.67. The summed E-state index contributed by atoms with van der Waals surface area (Å²) in [4.78, 5) is 13.4. The number of hydrogen-bond acceptors (Lipinski definition) is 4. The lowest BCUT2D eigenvalue weighted by atomic mass is 10.2. The summed E-state index contributed by atoms with van der Waals surface area (Å²) in [6.07, 6.45) is 3.17. The van der Waals surface area contributed by atoms with E-state index in [0.29, 0.717) is 17.1 Å². The van der Waals surface area contributed by atoms with Crippen LogP contribution in [0, 0.1) is 18.8 Å². The zero-order valence-corrected chi connectivity index (χ0v) is 10.6. The number of nitrogens with zero attached hydrogens (tertiary/aromatic N) is 1. The van der Waals surface area contributed by atoms with E-state index in [4.69, 9.17) is 5.73 Å². The minimum atomic E-state index is -0.162. The Morgan fingerprint density at radius 3 is 3.17 bits per heavy atom. The number of aryl methyl sites for hydroxylation is 1. The highest BCUT2D eigenvalue weighted by atomic mass is 32.1. The lowest BCUT2D eigenvalue weighted by molar-refractivity contribution is 0.103. The fourth-order valence-corrected chi connectivity index (χ4v) is 2.30. The molecule has 0 aliphatic rings. The van der Waals surface area contributed by atoms with Gasteiger partial charge in [-0.3, -0.25) is 9.89 Å². The van der Waals surface area contributed by atoms with E-state index >= 15 is 0 Å². The number of hydrogen-bond donors (Lipinski definition) is 3. The van der Waals surface area contributed by atoms with Crippen molar-refractivity contribution in [2.45, 2.75) is 6.92 Å². The Balaban J connectivity index is 2.16. The van der Waals surface area contributed by atoms with Gasteiger partial charge in [0.1, 0.15) is 0 Å². The van der Waals surface area contributed by atoms with Crippen molar-refractivity contribution in [2.75, 3.05) is 11.9 Å². The standard InChI is InChI=1S/C12H12N4OS/c1-8-5-11(18-10(8)3-2-4-13)12(17)16-9-6-14-15-7-9/h5-7H,4,13H2,1H3,(H,14,15)(H,16,17). The molecule has 92 valence electrons. The second-order valence-corrected chi connectivity index (χ2v) is 4.62. The minimum Gasteiger partial charge on any atom is -0.320 e. The van der Waals surface area contributed by atoms with Crippen LogP contribution in [0.25, 0.3) is 0 Å². The highest BCUT2D eigenvalue weighted by Gasteiger charge is 2.12. The van der Waals surface area contributed by atoms with Crippen LogP contribution in [-0.4, -0.2) is 22.6 Å². The van der Waals surface area contributed by atoms with Crippen molar-refractivity contribution in [3.8, 4) is 11.8 Å². The summed E-state index contributed by atoms with van der Waals surface area (Å²) in [5.41, 5.74) is 6.95. The molecular weight excluding hydrogens is 248 g/mol. The fourth-order valence-electron chi connectivity index (χ4n) is 1.36. The molecule has 0 saturated heterocycles. The van der Waals surface area contributed by atoms with Crippen LogP contribution in [0.1, 0.15) is 20.1 Å². The molecule has 2 rings (SSSR count). The number of rotatable bonds is 2. The highest BCUT2D eigenvalue weighted by Crippen LogP contribution is 2.21. The van der Waals surface area contributed by atoms with Gasteiger partial charge in [-0.1, -0.05) is 11.8 Å². The molecule has 0 atom stereocenters. The first-order chi connectivity index (χ1) is 8.70. The predicted molar refractivity (Wildman–Crippen MR) is 71.5 cm³/mol. The van der Waals surface area contributed by atoms with Gasteiger partial charge in [0.05, 0.1) is 28.2 Å². The molecule has 2 aromatic rings. The van der Waals surface area contributed by atoms with Gasteiger partial charge in [-0.15, -0.1) is 11.3 Å². The number of H-pyrrole nitrogens is 1. The van der Waals surface area contributed by atoms with E-state index in [1.807, 2.05) is 13.0 Å². The molecule has 6 heteroatoms. The Bertz CT molecular complexity index is 604. The summed E-state index contributed by atoms with van der Waals surface area (Å²) < 4.78 is 0. The topological polar surface area (TPSA) is 83.8 Å². The van der Waals surface area contributed by atoms with Gasteiger partial charge in [0.25, 0.3) is 5.91 Å². The molecule has 0 spiro atoms. The second-order valence-electron chi connectivity index (χ2n) is 3.57. The van der Waals surface area contributed by atoms with Crippen LogP contribution in [0.2, 0.25) is 0 Å². The number of nitrogens with one attached hydrogen (secondary N) is 2. The molecule has 0 saturated carbocycles. The van der Waals surface area contributed by atoms with Gasteiger partial charge < -0.3 is 11.1 Å². The Kier molecular flexibility index (Phi) is 3.77. The van der Waals surface area contributed by atoms with Crippen molar-refractivity contribution in [2.24, 2.45) is 5.73 Å². The molecule has 4 N–H and O–H groups in total. The first kappa shape index (κ1) is 12.4. The van der Waals surface area contributed by atoms with E-state index in [0.717, 1.165) is 10.4 Å². The molecule has 0 unspecified atom stereocenters. The van der Waals surface area contributed by atoms with Crippen LogP contribution in [-0.2, 0) is 0 Å². The summed E-state index contributed by atoms with van der Waals surface area (Å²) in [6.45, 7) is 2.24. The number of aromatic amines is 1. The highest BCUT2D eigenvalue weighted by molar-refractivity contribution is 7.14. The van der Waals surface area contributed by atoms with Gasteiger partial charge in [0, 0.05) is 6.20 Å². The summed E-state index contributed by atoms with van der Waals surface area (Å²) in [6, 6.07) is 1.82. The first-order valence-corrected chi connectivity index (χ1v) is 6.12. The molecule has 2 aromatic heterocycles. The summed E-state index contributed by atoms with van der Waals surface area (Å²) in [5, 5.41) is 9.13. The van der Waals surface area contributed by atoms with Gasteiger partial charge in [-0.05, 0) is 18.6 Å². The smallest absolute Gasteiger partial charge is 0.265 e. The van der Waals surface area contributed by atoms with Crippen LogP contribution in [0.15, 0.2) is 18.5 Å². The summed E-state index contributed by atoms with van der Waals surface area (Å²) >= 11 is 1.36. The van der Waals surface area contributed by atoms with Crippen molar-refractivity contribution in [3.63, 3.8) is 0 Å². The number of thiophene rings is 1. The molecule has 1 amide bonds. The van der Waals surface area contributed by atoms with Crippen molar-refractivity contribution >= 4 is 22.9 Å². The van der Waals surface area contributed by atoms with E-state index in [9.17, 15) is 4.79 Å². The summed E-state index contributed by atoms with van der Waals surface area (Å²) in [7, 11) is 0. The summed E-state index contributed by atoms with van der Waals surface area (Å²) in [5.74, 6) is 5.57. The maximum absolute atomic E-state index is 11.9. The maximum Gasteiger partial charge on any atom is 0.265 e. The number of amides is 1. The minimum absolute atomic E-state index is 0.162. The predicted octanol–water partition coefficient (Wildman–Crippen LogP) is 1.34. The molecule has 0 aliphatic heterocycles. The molecular formula is C12H12N4OS. The Hall–Kier alpha value is -2.10. The van der Waals surface area contributed by atoms with Crippen molar-refractivity contribution in [3.05, 3.63) is 33.8 Å². The van der Waals surface area contributed by atoms with Crippen LogP contribution >= 0.6 is 11.3 Å². The Morgan fingerprint density at radius 1 is 1.67 bits per heavy atom. The SMILES string of the molecule is Cc1cc(C(=O)Nc2cn[nH]c2)sc1C#CCN. The molecule has 0 aromatic carbocycles. The number of nitrogens with two attached hydrogens (primary N) is 1. The molecule has 0 fully saturated rings. The largest absolute Gasteiger partial charge is 0.320 e. The van der Waals surface area contributed by atoms with Crippen molar-refractivity contribution < 1.29 is 4.79 Å². The quantitative estimate of drug-likeness (QED) is 0.712. The maximum atomic E-state index is 11.9. The molecule has 0 bridgehead atoms. The number of carbonyl (C=O) groups is 1. The van der Waals surface area contributed by atoms with Gasteiger partial charge in [-0.25, -0.2) is 0 Å². The van der Waals surface area contributed by atoms with Crippen molar-refractivity contribution in [1.82, 2.24) is 10.2 Å². The fraction of sp³-hybridized carbons (Fsp3) is 0.167. The van der Waals surface area contributed by atoms with E-state index in [-0.39, 0.29) is 5.91 Å². The van der Waals surface area contributed by atoms with Crippen LogP contribution in [0.4, 0.5) is 5.69 Å². The third-order valence-electron chi connectivity index (χ3n) is 2.20. The number of aromatic nitrogens is 2. The Morgan fingerprint density at radius 2 is 2.50 bits per heavy atom. The molecule has 5 nitrogen and oxygen atoms in total. The third-order valence-corrected chi connectivity index (χ3v) is 3.35. The van der Waals surface area contributed by atoms with E-state index in [1.54, 1.807) is 12.4 Å². The van der Waals surface area contributed by atoms with Crippen LogP contribution in [0.5, 0.6) is 0 Å². The number of carbonyl (C=O) groups excluding carboxylic acids is 1. The second kappa shape index (κ2) is 5.49. The zero-order chi connectivity index (χ0) is 13.0. The third kappa shape index (κ3) is 2.77. The van der Waals surface area contributed by atoms with Gasteiger partial charge in [0.15, 0.2) is 0 Å². The molecule has 18 heavy (non-hydrogen) atoms. The van der Waals surface area contributed by atoms with Gasteiger partial charge in [-0.2, -0.15) is 5.10 Å². The monoisotopic (exact) mass is 260 g/mol. The number of anilines is 1. The molecule has 0 radical (unpaired) electrons. The first-order valence-electron chi connectivity index (χ1n) is 5.30. The average molecular weight is 260 g/mol. The van der Waals surface area contributed by atoms with Gasteiger partial charge in [0.2, 0.25) is 0 Å². The zero-order valence-electron chi connectivity index (χ0n) is 9.78. The van der Waals surface area contributed by atoms with Crippen LogP contribution < -0.4 is 11.1 Å². The Labute approximate surface area is 108 Å². The van der Waals surface area contributed by atoms with E-state index in [1.165, 1.54) is 11.3 Å². The van der Waals surface area contributed by atoms with E-state index in [2.05, 4.69) is 27.4 Å². The molecule has 2 heterocycles. The van der Waals surface area contributed by atoms with Crippen molar-refractivity contribution in [1.29, 1.82) is 0 Å². The lowest BCUT2D eigenvalue weighted by Gasteiger charge is -1.97. The van der Waals surface area contributed by atoms with Crippen LogP contribution in [0.3, 0.4) is 0 Å².